The fourth-order valence-corrected chi connectivity index (χ4v) is 4.11. The molecular weight excluding hydrogens is 292 g/mol. The van der Waals surface area contributed by atoms with Gasteiger partial charge in [0.25, 0.3) is 0 Å². The second-order valence-corrected chi connectivity index (χ2v) is 7.46. The number of benzene rings is 1. The number of nitrogens with one attached hydrogen (secondary N) is 1. The minimum Gasteiger partial charge on any atom is -0.388 e. The first-order chi connectivity index (χ1) is 9.46. The first-order valence-corrected chi connectivity index (χ1v) is 8.58. The Kier molecular flexibility index (Phi) is 4.47. The van der Waals surface area contributed by atoms with Crippen LogP contribution in [0.25, 0.3) is 0 Å². The molecule has 1 heterocycles. The monoisotopic (exact) mass is 310 g/mol. The Hall–Kier alpha value is -1.37. The zero-order chi connectivity index (χ0) is 14.8. The molecule has 6 heteroatoms. The lowest BCUT2D eigenvalue weighted by Gasteiger charge is -2.23. The standard InChI is InChI=1S/C14H18N2O2S2/c1-11(14-5-4-10-19-14)16(3)20(17,18)13-8-6-12(15-2)7-9-13/h4-11,15H,1-3H3. The summed E-state index contributed by atoms with van der Waals surface area (Å²) in [7, 11) is -0.0602. The molecule has 0 aliphatic heterocycles. The van der Waals surface area contributed by atoms with E-state index in [-0.39, 0.29) is 6.04 Å². The van der Waals surface area contributed by atoms with Crippen LogP contribution in [0.1, 0.15) is 17.8 Å². The number of nitrogens with zero attached hydrogens (tertiary/aromatic N) is 1. The Morgan fingerprint density at radius 1 is 1.20 bits per heavy atom. The van der Waals surface area contributed by atoms with Crippen molar-refractivity contribution in [2.24, 2.45) is 0 Å². The van der Waals surface area contributed by atoms with E-state index in [1.165, 1.54) is 4.31 Å². The van der Waals surface area contributed by atoms with Crippen LogP contribution in [-0.4, -0.2) is 26.8 Å². The Bertz CT molecular complexity index is 649. The highest BCUT2D eigenvalue weighted by molar-refractivity contribution is 7.89. The topological polar surface area (TPSA) is 49.4 Å². The van der Waals surface area contributed by atoms with Gasteiger partial charge in [-0.3, -0.25) is 0 Å². The molecule has 1 N–H and O–H groups in total. The fourth-order valence-electron chi connectivity index (χ4n) is 1.88. The summed E-state index contributed by atoms with van der Waals surface area (Å²) < 4.78 is 26.6. The van der Waals surface area contributed by atoms with Gasteiger partial charge in [-0.05, 0) is 42.6 Å². The lowest BCUT2D eigenvalue weighted by molar-refractivity contribution is 0.403. The molecule has 0 saturated heterocycles. The summed E-state index contributed by atoms with van der Waals surface area (Å²) in [6.45, 7) is 1.89. The van der Waals surface area contributed by atoms with Crippen molar-refractivity contribution in [2.45, 2.75) is 17.9 Å². The normalized spacial score (nSPS) is 13.4. The van der Waals surface area contributed by atoms with Crippen molar-refractivity contribution < 1.29 is 8.42 Å². The van der Waals surface area contributed by atoms with E-state index in [1.807, 2.05) is 24.4 Å². The summed E-state index contributed by atoms with van der Waals surface area (Å²) in [5.74, 6) is 0. The predicted octanol–water partition coefficient (Wildman–Crippen LogP) is 3.17. The van der Waals surface area contributed by atoms with Crippen LogP contribution in [0, 0.1) is 0 Å². The van der Waals surface area contributed by atoms with Crippen molar-refractivity contribution in [2.75, 3.05) is 19.4 Å². The third kappa shape index (κ3) is 2.87. The molecule has 2 rings (SSSR count). The minimum atomic E-state index is -3.48. The average Bonchev–Trinajstić information content (AvgIpc) is 3.00. The number of rotatable bonds is 5. The lowest BCUT2D eigenvalue weighted by Crippen LogP contribution is -2.29. The van der Waals surface area contributed by atoms with E-state index in [9.17, 15) is 8.42 Å². The van der Waals surface area contributed by atoms with Gasteiger partial charge in [0.05, 0.1) is 10.9 Å². The zero-order valence-corrected chi connectivity index (χ0v) is 13.3. The van der Waals surface area contributed by atoms with Gasteiger partial charge in [0, 0.05) is 24.7 Å². The van der Waals surface area contributed by atoms with Crippen molar-refractivity contribution in [3.05, 3.63) is 46.7 Å². The molecular formula is C14H18N2O2S2. The van der Waals surface area contributed by atoms with Crippen molar-refractivity contribution in [1.82, 2.24) is 4.31 Å². The third-order valence-corrected chi connectivity index (χ3v) is 6.31. The Labute approximate surface area is 124 Å². The van der Waals surface area contributed by atoms with Gasteiger partial charge in [0.1, 0.15) is 0 Å². The van der Waals surface area contributed by atoms with Gasteiger partial charge in [0.2, 0.25) is 10.0 Å². The van der Waals surface area contributed by atoms with Crippen LogP contribution in [0.3, 0.4) is 0 Å². The maximum atomic E-state index is 12.6. The quantitative estimate of drug-likeness (QED) is 0.923. The molecule has 1 aromatic heterocycles. The van der Waals surface area contributed by atoms with E-state index < -0.39 is 10.0 Å². The molecule has 0 bridgehead atoms. The lowest BCUT2D eigenvalue weighted by atomic mass is 10.3. The van der Waals surface area contributed by atoms with Gasteiger partial charge in [-0.25, -0.2) is 8.42 Å². The summed E-state index contributed by atoms with van der Waals surface area (Å²) in [5.41, 5.74) is 0.887. The van der Waals surface area contributed by atoms with Gasteiger partial charge in [-0.1, -0.05) is 6.07 Å². The molecule has 0 aliphatic rings. The van der Waals surface area contributed by atoms with Gasteiger partial charge < -0.3 is 5.32 Å². The Balaban J connectivity index is 2.29. The molecule has 1 aromatic carbocycles. The van der Waals surface area contributed by atoms with Crippen LogP contribution >= 0.6 is 11.3 Å². The maximum absolute atomic E-state index is 12.6. The van der Waals surface area contributed by atoms with Gasteiger partial charge >= 0.3 is 0 Å². The number of anilines is 1. The van der Waals surface area contributed by atoms with E-state index in [4.69, 9.17) is 0 Å². The molecule has 0 spiro atoms. The number of hydrogen-bond acceptors (Lipinski definition) is 4. The molecule has 2 aromatic rings. The molecule has 108 valence electrons. The molecule has 20 heavy (non-hydrogen) atoms. The highest BCUT2D eigenvalue weighted by Gasteiger charge is 2.26. The van der Waals surface area contributed by atoms with E-state index in [2.05, 4.69) is 5.32 Å². The SMILES string of the molecule is CNc1ccc(S(=O)(=O)N(C)C(C)c2cccs2)cc1. The second kappa shape index (κ2) is 5.95. The van der Waals surface area contributed by atoms with Crippen LogP contribution < -0.4 is 5.32 Å². The Morgan fingerprint density at radius 3 is 2.35 bits per heavy atom. The summed E-state index contributed by atoms with van der Waals surface area (Å²) in [5, 5.41) is 4.93. The van der Waals surface area contributed by atoms with Crippen LogP contribution in [0.15, 0.2) is 46.7 Å². The third-order valence-electron chi connectivity index (χ3n) is 3.32. The first-order valence-electron chi connectivity index (χ1n) is 6.26. The predicted molar refractivity (Wildman–Crippen MR) is 83.7 cm³/mol. The van der Waals surface area contributed by atoms with Crippen molar-refractivity contribution in [1.29, 1.82) is 0 Å². The molecule has 0 saturated carbocycles. The highest BCUT2D eigenvalue weighted by Crippen LogP contribution is 2.28. The maximum Gasteiger partial charge on any atom is 0.243 e. The summed E-state index contributed by atoms with van der Waals surface area (Å²) >= 11 is 1.56. The molecule has 0 aliphatic carbocycles. The molecule has 1 unspecified atom stereocenters. The van der Waals surface area contributed by atoms with E-state index in [0.29, 0.717) is 4.90 Å². The molecule has 0 amide bonds. The van der Waals surface area contributed by atoms with Crippen LogP contribution in [0.5, 0.6) is 0 Å². The second-order valence-electron chi connectivity index (χ2n) is 4.49. The summed E-state index contributed by atoms with van der Waals surface area (Å²) in [4.78, 5) is 1.34. The van der Waals surface area contributed by atoms with Gasteiger partial charge in [-0.15, -0.1) is 11.3 Å². The van der Waals surface area contributed by atoms with Crippen molar-refractivity contribution >= 4 is 27.0 Å². The highest BCUT2D eigenvalue weighted by atomic mass is 32.2. The summed E-state index contributed by atoms with van der Waals surface area (Å²) in [6.07, 6.45) is 0. The molecule has 4 nitrogen and oxygen atoms in total. The molecule has 0 fully saturated rings. The van der Waals surface area contributed by atoms with Crippen LogP contribution in [-0.2, 0) is 10.0 Å². The van der Waals surface area contributed by atoms with Crippen molar-refractivity contribution in [3.63, 3.8) is 0 Å². The number of hydrogen-bond donors (Lipinski definition) is 1. The average molecular weight is 310 g/mol. The van der Waals surface area contributed by atoms with Gasteiger partial charge in [-0.2, -0.15) is 4.31 Å². The fraction of sp³-hybridized carbons (Fsp3) is 0.286. The Morgan fingerprint density at radius 2 is 1.85 bits per heavy atom. The number of thiophene rings is 1. The van der Waals surface area contributed by atoms with Crippen molar-refractivity contribution in [3.8, 4) is 0 Å². The van der Waals surface area contributed by atoms with Crippen LogP contribution in [0.2, 0.25) is 0 Å². The van der Waals surface area contributed by atoms with Crippen LogP contribution in [0.4, 0.5) is 5.69 Å². The smallest absolute Gasteiger partial charge is 0.243 e. The van der Waals surface area contributed by atoms with E-state index in [0.717, 1.165) is 10.6 Å². The molecule has 1 atom stereocenters. The van der Waals surface area contributed by atoms with E-state index >= 15 is 0 Å². The number of sulfonamides is 1. The largest absolute Gasteiger partial charge is 0.388 e. The van der Waals surface area contributed by atoms with E-state index in [1.54, 1.807) is 49.7 Å². The minimum absolute atomic E-state index is 0.177. The van der Waals surface area contributed by atoms with Gasteiger partial charge in [0.15, 0.2) is 0 Å². The first kappa shape index (κ1) is 15.0. The summed E-state index contributed by atoms with van der Waals surface area (Å²) in [6, 6.07) is 10.5. The zero-order valence-electron chi connectivity index (χ0n) is 11.7. The molecule has 0 radical (unpaired) electrons.